The molecule has 0 aromatic rings. The van der Waals surface area contributed by atoms with Crippen LogP contribution in [0.5, 0.6) is 0 Å². The van der Waals surface area contributed by atoms with E-state index in [4.69, 9.17) is 5.11 Å². The van der Waals surface area contributed by atoms with Crippen LogP contribution in [0.2, 0.25) is 0 Å². The summed E-state index contributed by atoms with van der Waals surface area (Å²) in [6, 6.07) is 0. The van der Waals surface area contributed by atoms with Crippen LogP contribution in [0.25, 0.3) is 0 Å². The number of aliphatic hydroxyl groups is 1. The third-order valence-electron chi connectivity index (χ3n) is 1.62. The second kappa shape index (κ2) is 4.61. The van der Waals surface area contributed by atoms with Crippen LogP contribution in [-0.2, 0) is 9.53 Å². The first-order valence-corrected chi connectivity index (χ1v) is 3.87. The minimum Gasteiger partial charge on any atom is -0.467 e. The molecular formula is C7H12F3NO3. The topological polar surface area (TPSA) is 58.6 Å². The number of rotatable bonds is 4. The average molecular weight is 215 g/mol. The number of methoxy groups -OCH3 is 1. The van der Waals surface area contributed by atoms with Gasteiger partial charge in [-0.1, -0.05) is 6.92 Å². The van der Waals surface area contributed by atoms with Crippen molar-refractivity contribution in [2.24, 2.45) is 0 Å². The lowest BCUT2D eigenvalue weighted by atomic mass is 10.0. The summed E-state index contributed by atoms with van der Waals surface area (Å²) in [5, 5.41) is 11.3. The predicted octanol–water partition coefficient (Wildman–Crippen LogP) is 0.0623. The van der Waals surface area contributed by atoms with Gasteiger partial charge in [0, 0.05) is 6.54 Å². The highest BCUT2D eigenvalue weighted by Crippen LogP contribution is 2.30. The summed E-state index contributed by atoms with van der Waals surface area (Å²) in [5.41, 5.74) is -3.47. The van der Waals surface area contributed by atoms with Gasteiger partial charge < -0.3 is 15.2 Å². The summed E-state index contributed by atoms with van der Waals surface area (Å²) in [6.07, 6.45) is -5.05. The van der Waals surface area contributed by atoms with Crippen molar-refractivity contribution in [3.63, 3.8) is 0 Å². The van der Waals surface area contributed by atoms with Crippen molar-refractivity contribution in [3.05, 3.63) is 0 Å². The average Bonchev–Trinajstić information content (AvgIpc) is 2.10. The van der Waals surface area contributed by atoms with E-state index in [9.17, 15) is 18.0 Å². The summed E-state index contributed by atoms with van der Waals surface area (Å²) in [5.74, 6) is -1.72. The monoisotopic (exact) mass is 215 g/mol. The molecule has 0 saturated heterocycles. The van der Waals surface area contributed by atoms with Gasteiger partial charge in [0.2, 0.25) is 0 Å². The van der Waals surface area contributed by atoms with Crippen LogP contribution < -0.4 is 5.32 Å². The van der Waals surface area contributed by atoms with Gasteiger partial charge in [-0.25, -0.2) is 4.79 Å². The molecule has 0 spiro atoms. The molecule has 1 unspecified atom stereocenters. The van der Waals surface area contributed by atoms with Crippen molar-refractivity contribution in [3.8, 4) is 0 Å². The van der Waals surface area contributed by atoms with Gasteiger partial charge in [-0.15, -0.1) is 0 Å². The third-order valence-corrected chi connectivity index (χ3v) is 1.62. The Morgan fingerprint density at radius 3 is 2.29 bits per heavy atom. The number of likely N-dealkylation sites (N-methyl/N-ethyl adjacent to an activating group) is 1. The Hall–Kier alpha value is -0.820. The molecule has 0 aromatic carbocycles. The normalized spacial score (nSPS) is 16.1. The number of carbonyl (C=O) groups excluding carboxylic acids is 1. The van der Waals surface area contributed by atoms with Crippen molar-refractivity contribution in [2.45, 2.75) is 18.7 Å². The zero-order valence-electron chi connectivity index (χ0n) is 7.81. The third kappa shape index (κ3) is 2.58. The van der Waals surface area contributed by atoms with Gasteiger partial charge in [0.15, 0.2) is 0 Å². The molecule has 0 aliphatic carbocycles. The van der Waals surface area contributed by atoms with E-state index >= 15 is 0 Å². The Kier molecular flexibility index (Phi) is 4.34. The standard InChI is InChI=1S/C7H12F3NO3/c1-3-11-4-6(13,5(12)14-2)7(8,9)10/h11,13H,3-4H2,1-2H3. The number of hydrogen-bond donors (Lipinski definition) is 2. The van der Waals surface area contributed by atoms with Gasteiger partial charge >= 0.3 is 12.1 Å². The lowest BCUT2D eigenvalue weighted by Gasteiger charge is -2.27. The van der Waals surface area contributed by atoms with Crippen molar-refractivity contribution in [1.82, 2.24) is 5.32 Å². The van der Waals surface area contributed by atoms with Crippen LogP contribution in [0.1, 0.15) is 6.92 Å². The van der Waals surface area contributed by atoms with Crippen LogP contribution in [0.4, 0.5) is 13.2 Å². The first-order valence-electron chi connectivity index (χ1n) is 3.87. The maximum absolute atomic E-state index is 12.3. The Bertz CT molecular complexity index is 207. The maximum atomic E-state index is 12.3. The Balaban J connectivity index is 4.76. The Morgan fingerprint density at radius 1 is 1.50 bits per heavy atom. The van der Waals surface area contributed by atoms with Crippen molar-refractivity contribution < 1.29 is 27.8 Å². The molecule has 0 amide bonds. The summed E-state index contributed by atoms with van der Waals surface area (Å²) >= 11 is 0. The molecule has 0 aliphatic heterocycles. The molecule has 0 bridgehead atoms. The zero-order valence-corrected chi connectivity index (χ0v) is 7.81. The number of halogens is 3. The van der Waals surface area contributed by atoms with E-state index in [1.54, 1.807) is 6.92 Å². The van der Waals surface area contributed by atoms with Crippen molar-refractivity contribution in [2.75, 3.05) is 20.2 Å². The summed E-state index contributed by atoms with van der Waals surface area (Å²) in [7, 11) is 0.783. The molecule has 0 heterocycles. The molecule has 14 heavy (non-hydrogen) atoms. The fourth-order valence-corrected chi connectivity index (χ4v) is 0.763. The Morgan fingerprint density at radius 2 is 2.00 bits per heavy atom. The minimum absolute atomic E-state index is 0.204. The quantitative estimate of drug-likeness (QED) is 0.651. The molecule has 4 nitrogen and oxygen atoms in total. The molecule has 0 aromatic heterocycles. The molecule has 7 heteroatoms. The van der Waals surface area contributed by atoms with E-state index in [2.05, 4.69) is 10.1 Å². The number of ether oxygens (including phenoxy) is 1. The van der Waals surface area contributed by atoms with Gasteiger partial charge in [0.1, 0.15) is 0 Å². The van der Waals surface area contributed by atoms with E-state index in [0.29, 0.717) is 0 Å². The van der Waals surface area contributed by atoms with E-state index in [1.807, 2.05) is 0 Å². The smallest absolute Gasteiger partial charge is 0.429 e. The van der Waals surface area contributed by atoms with E-state index in [1.165, 1.54) is 0 Å². The fourth-order valence-electron chi connectivity index (χ4n) is 0.763. The molecular weight excluding hydrogens is 203 g/mol. The van der Waals surface area contributed by atoms with Crippen LogP contribution >= 0.6 is 0 Å². The molecule has 0 radical (unpaired) electrons. The van der Waals surface area contributed by atoms with Crippen LogP contribution in [-0.4, -0.2) is 43.1 Å². The van der Waals surface area contributed by atoms with Crippen LogP contribution in [0.15, 0.2) is 0 Å². The molecule has 0 saturated carbocycles. The van der Waals surface area contributed by atoms with E-state index in [0.717, 1.165) is 7.11 Å². The zero-order chi connectivity index (χ0) is 11.4. The number of carbonyl (C=O) groups is 1. The van der Waals surface area contributed by atoms with Gasteiger partial charge in [-0.05, 0) is 6.54 Å². The van der Waals surface area contributed by atoms with Crippen molar-refractivity contribution in [1.29, 1.82) is 0 Å². The lowest BCUT2D eigenvalue weighted by Crippen LogP contribution is -2.58. The molecule has 0 rings (SSSR count). The molecule has 0 fully saturated rings. The van der Waals surface area contributed by atoms with Gasteiger partial charge in [-0.2, -0.15) is 13.2 Å². The fraction of sp³-hybridized carbons (Fsp3) is 0.857. The second-order valence-corrected chi connectivity index (χ2v) is 2.63. The molecule has 2 N–H and O–H groups in total. The molecule has 1 atom stereocenters. The molecule has 84 valence electrons. The van der Waals surface area contributed by atoms with E-state index < -0.39 is 24.3 Å². The predicted molar refractivity (Wildman–Crippen MR) is 41.6 cm³/mol. The SMILES string of the molecule is CCNCC(O)(C(=O)OC)C(F)(F)F. The second-order valence-electron chi connectivity index (χ2n) is 2.63. The van der Waals surface area contributed by atoms with Gasteiger partial charge in [0.25, 0.3) is 5.60 Å². The van der Waals surface area contributed by atoms with Crippen LogP contribution in [0.3, 0.4) is 0 Å². The lowest BCUT2D eigenvalue weighted by molar-refractivity contribution is -0.259. The summed E-state index contributed by atoms with van der Waals surface area (Å²) < 4.78 is 40.7. The first-order chi connectivity index (χ1) is 6.29. The Labute approximate surface area is 79.0 Å². The van der Waals surface area contributed by atoms with Gasteiger partial charge in [0.05, 0.1) is 7.11 Å². The number of hydrogen-bond acceptors (Lipinski definition) is 4. The highest BCUT2D eigenvalue weighted by atomic mass is 19.4. The summed E-state index contributed by atoms with van der Waals surface area (Å²) in [4.78, 5) is 10.8. The molecule has 0 aliphatic rings. The largest absolute Gasteiger partial charge is 0.467 e. The van der Waals surface area contributed by atoms with Crippen LogP contribution in [0, 0.1) is 0 Å². The number of esters is 1. The highest BCUT2D eigenvalue weighted by Gasteiger charge is 2.60. The summed E-state index contributed by atoms with van der Waals surface area (Å²) in [6.45, 7) is 0.836. The minimum atomic E-state index is -5.05. The van der Waals surface area contributed by atoms with Gasteiger partial charge in [-0.3, -0.25) is 0 Å². The first kappa shape index (κ1) is 13.2. The van der Waals surface area contributed by atoms with E-state index in [-0.39, 0.29) is 6.54 Å². The maximum Gasteiger partial charge on any atom is 0.429 e. The highest BCUT2D eigenvalue weighted by molar-refractivity contribution is 5.80. The van der Waals surface area contributed by atoms with Crippen molar-refractivity contribution >= 4 is 5.97 Å². The number of nitrogens with one attached hydrogen (secondary N) is 1. The number of alkyl halides is 3.